The minimum absolute atomic E-state index is 0. The lowest BCUT2D eigenvalue weighted by Crippen LogP contribution is -2.39. The van der Waals surface area contributed by atoms with E-state index in [1.807, 2.05) is 0 Å². The van der Waals surface area contributed by atoms with Gasteiger partial charge in [-0.2, -0.15) is 27.0 Å². The molecule has 2 N–H and O–H groups in total. The Morgan fingerprint density at radius 1 is 1.16 bits per heavy atom. The molecule has 1 unspecified atom stereocenters. The third kappa shape index (κ3) is 6.69. The van der Waals surface area contributed by atoms with Crippen LogP contribution in [0.2, 0.25) is 0 Å². The summed E-state index contributed by atoms with van der Waals surface area (Å²) in [7, 11) is -1.86. The molecule has 0 aromatic heterocycles. The van der Waals surface area contributed by atoms with Gasteiger partial charge in [-0.15, -0.1) is 0 Å². The van der Waals surface area contributed by atoms with Crippen LogP contribution in [0.4, 0.5) is 5.69 Å². The highest BCUT2D eigenvalue weighted by molar-refractivity contribution is 7.92. The van der Waals surface area contributed by atoms with Crippen LogP contribution in [0.25, 0.3) is 0 Å². The minimum Gasteiger partial charge on any atom is -0.392 e. The van der Waals surface area contributed by atoms with Crippen LogP contribution < -0.4 is 5.32 Å². The summed E-state index contributed by atoms with van der Waals surface area (Å²) in [5.41, 5.74) is 3.26. The SMILES string of the molecule is CN(C(=O)Cc1ccc2c(c1)NC(=O)CS2(=O)=O)C(CN1CC[C@@H](O)C1)c1cccc(C2CC2)c1.S.S. The number of fused-ring (bicyclic) bond motifs is 1. The quantitative estimate of drug-likeness (QED) is 0.534. The topological polar surface area (TPSA) is 107 Å². The summed E-state index contributed by atoms with van der Waals surface area (Å²) in [6.45, 7) is 2.02. The van der Waals surface area contributed by atoms with Crippen LogP contribution in [0.3, 0.4) is 0 Å². The molecule has 2 fully saturated rings. The van der Waals surface area contributed by atoms with Crippen molar-refractivity contribution >= 4 is 54.3 Å². The lowest BCUT2D eigenvalue weighted by atomic mass is 9.99. The number of nitrogens with one attached hydrogen (secondary N) is 1. The van der Waals surface area contributed by atoms with Gasteiger partial charge in [-0.1, -0.05) is 30.3 Å². The Morgan fingerprint density at radius 2 is 1.92 bits per heavy atom. The van der Waals surface area contributed by atoms with E-state index in [9.17, 15) is 23.1 Å². The Kier molecular flexibility index (Phi) is 9.39. The molecule has 2 aliphatic heterocycles. The maximum atomic E-state index is 13.4. The predicted octanol–water partition coefficient (Wildman–Crippen LogP) is 2.32. The molecule has 1 saturated carbocycles. The molecule has 2 amide bonds. The van der Waals surface area contributed by atoms with Crippen molar-refractivity contribution in [1.29, 1.82) is 0 Å². The van der Waals surface area contributed by atoms with E-state index < -0.39 is 21.5 Å². The summed E-state index contributed by atoms with van der Waals surface area (Å²) < 4.78 is 24.6. The number of hydrogen-bond acceptors (Lipinski definition) is 6. The number of β-amino-alcohol motifs (C(OH)–C–C–N with tert-alkyl or cyclic N) is 1. The van der Waals surface area contributed by atoms with Gasteiger partial charge in [0.2, 0.25) is 11.8 Å². The molecule has 11 heteroatoms. The molecule has 37 heavy (non-hydrogen) atoms. The zero-order valence-corrected chi connectivity index (χ0v) is 23.6. The molecule has 8 nitrogen and oxygen atoms in total. The fourth-order valence-corrected chi connectivity index (χ4v) is 6.37. The number of benzene rings is 2. The summed E-state index contributed by atoms with van der Waals surface area (Å²) in [4.78, 5) is 29.3. The van der Waals surface area contributed by atoms with Gasteiger partial charge >= 0.3 is 0 Å². The Hall–Kier alpha value is -2.05. The molecule has 2 aromatic carbocycles. The van der Waals surface area contributed by atoms with E-state index >= 15 is 0 Å². The molecule has 0 radical (unpaired) electrons. The zero-order valence-electron chi connectivity index (χ0n) is 20.8. The van der Waals surface area contributed by atoms with Crippen molar-refractivity contribution in [2.24, 2.45) is 0 Å². The Bertz CT molecular complexity index is 1270. The number of hydrogen-bond donors (Lipinski definition) is 2. The van der Waals surface area contributed by atoms with Gasteiger partial charge in [-0.3, -0.25) is 14.5 Å². The Morgan fingerprint density at radius 3 is 2.59 bits per heavy atom. The number of likely N-dealkylation sites (N-methyl/N-ethyl adjacent to an activating group) is 1. The van der Waals surface area contributed by atoms with Gasteiger partial charge in [0.25, 0.3) is 0 Å². The van der Waals surface area contributed by atoms with E-state index in [1.54, 1.807) is 24.1 Å². The van der Waals surface area contributed by atoms with Crippen molar-refractivity contribution in [3.8, 4) is 0 Å². The van der Waals surface area contributed by atoms with Crippen LogP contribution in [-0.2, 0) is 25.8 Å². The summed E-state index contributed by atoms with van der Waals surface area (Å²) in [6, 6.07) is 13.0. The first-order valence-corrected chi connectivity index (χ1v) is 13.8. The summed E-state index contributed by atoms with van der Waals surface area (Å²) in [6.07, 6.45) is 2.88. The van der Waals surface area contributed by atoms with Gasteiger partial charge in [-0.25, -0.2) is 8.42 Å². The fraction of sp³-hybridized carbons (Fsp3) is 0.462. The van der Waals surface area contributed by atoms with Gasteiger partial charge in [0.15, 0.2) is 9.84 Å². The van der Waals surface area contributed by atoms with Gasteiger partial charge in [0, 0.05) is 26.7 Å². The normalized spacial score (nSPS) is 21.1. The summed E-state index contributed by atoms with van der Waals surface area (Å²) >= 11 is 0. The molecule has 1 saturated heterocycles. The van der Waals surface area contributed by atoms with Crippen LogP contribution >= 0.6 is 27.0 Å². The van der Waals surface area contributed by atoms with Gasteiger partial charge in [0.1, 0.15) is 5.75 Å². The van der Waals surface area contributed by atoms with Gasteiger partial charge < -0.3 is 15.3 Å². The van der Waals surface area contributed by atoms with E-state index in [4.69, 9.17) is 0 Å². The average Bonchev–Trinajstić information content (AvgIpc) is 3.58. The molecule has 202 valence electrons. The number of nitrogens with zero attached hydrogens (tertiary/aromatic N) is 2. The number of aliphatic hydroxyl groups is 1. The third-order valence-electron chi connectivity index (χ3n) is 7.21. The van der Waals surface area contributed by atoms with Crippen molar-refractivity contribution in [3.05, 3.63) is 59.2 Å². The standard InChI is InChI=1S/C26H31N3O5S.2H2S/c1-28(26(32)12-17-5-8-24-22(11-17)27-25(31)16-35(24,33)34)23(15-29-10-9-21(30)14-29)20-4-2-3-19(13-20)18-6-7-18;;/h2-5,8,11,13,18,21,23,30H,6-7,9-10,12,14-16H2,1H3,(H,27,31);2*1H2/t21-,23?;;/m1../s1. The molecule has 2 aromatic rings. The highest BCUT2D eigenvalue weighted by atomic mass is 32.2. The second-order valence-electron chi connectivity index (χ2n) is 9.98. The maximum absolute atomic E-state index is 13.4. The van der Waals surface area contributed by atoms with Gasteiger partial charge in [-0.05, 0) is 54.0 Å². The molecule has 0 spiro atoms. The largest absolute Gasteiger partial charge is 0.392 e. The van der Waals surface area contributed by atoms with E-state index in [2.05, 4.69) is 34.5 Å². The zero-order chi connectivity index (χ0) is 24.7. The van der Waals surface area contributed by atoms with Crippen molar-refractivity contribution in [3.63, 3.8) is 0 Å². The smallest absolute Gasteiger partial charge is 0.239 e. The maximum Gasteiger partial charge on any atom is 0.239 e. The van der Waals surface area contributed by atoms with Crippen molar-refractivity contribution in [2.45, 2.75) is 48.6 Å². The van der Waals surface area contributed by atoms with Crippen LogP contribution in [-0.4, -0.2) is 73.7 Å². The first-order chi connectivity index (χ1) is 16.7. The van der Waals surface area contributed by atoms with E-state index in [0.717, 1.165) is 18.5 Å². The number of rotatable bonds is 7. The van der Waals surface area contributed by atoms with Crippen LogP contribution in [0.15, 0.2) is 47.4 Å². The van der Waals surface area contributed by atoms with Crippen LogP contribution in [0.1, 0.15) is 47.9 Å². The fourth-order valence-electron chi connectivity index (χ4n) is 5.08. The van der Waals surface area contributed by atoms with Crippen LogP contribution in [0, 0.1) is 0 Å². The average molecular weight is 566 g/mol. The predicted molar refractivity (Wildman–Crippen MR) is 153 cm³/mol. The van der Waals surface area contributed by atoms with E-state index in [0.29, 0.717) is 24.6 Å². The molecule has 3 aliphatic rings. The summed E-state index contributed by atoms with van der Waals surface area (Å²) in [5, 5.41) is 12.6. The van der Waals surface area contributed by atoms with Gasteiger partial charge in [0.05, 0.1) is 29.1 Å². The second-order valence-corrected chi connectivity index (χ2v) is 11.9. The number of amides is 2. The number of anilines is 1. The number of carbonyl (C=O) groups excluding carboxylic acids is 2. The minimum atomic E-state index is -3.66. The van der Waals surface area contributed by atoms with Crippen molar-refractivity contribution in [2.75, 3.05) is 37.8 Å². The molecule has 1 aliphatic carbocycles. The third-order valence-corrected chi connectivity index (χ3v) is 8.88. The first-order valence-electron chi connectivity index (χ1n) is 12.1. The molecule has 5 rings (SSSR count). The lowest BCUT2D eigenvalue weighted by molar-refractivity contribution is -0.131. The second kappa shape index (κ2) is 11.8. The van der Waals surface area contributed by atoms with Crippen LogP contribution in [0.5, 0.6) is 0 Å². The lowest BCUT2D eigenvalue weighted by Gasteiger charge is -2.32. The number of carbonyl (C=O) groups is 2. The highest BCUT2D eigenvalue weighted by Crippen LogP contribution is 2.41. The highest BCUT2D eigenvalue weighted by Gasteiger charge is 2.31. The molecule has 2 heterocycles. The molecular formula is C26H35N3O5S3. The molecule has 0 bridgehead atoms. The Balaban J connectivity index is 0.00000190. The monoisotopic (exact) mass is 565 g/mol. The number of likely N-dealkylation sites (tertiary alicyclic amines) is 1. The first kappa shape index (κ1) is 29.5. The number of aliphatic hydroxyl groups excluding tert-OH is 1. The van der Waals surface area contributed by atoms with E-state index in [1.165, 1.54) is 24.5 Å². The van der Waals surface area contributed by atoms with Crippen molar-refractivity contribution in [1.82, 2.24) is 9.80 Å². The molecule has 2 atom stereocenters. The summed E-state index contributed by atoms with van der Waals surface area (Å²) in [5.74, 6) is -0.626. The molecular weight excluding hydrogens is 531 g/mol. The van der Waals surface area contributed by atoms with Crippen molar-refractivity contribution < 1.29 is 23.1 Å². The Labute approximate surface area is 232 Å². The number of sulfone groups is 1. The van der Waals surface area contributed by atoms with E-state index in [-0.39, 0.29) is 62.0 Å².